The van der Waals surface area contributed by atoms with Crippen molar-refractivity contribution < 1.29 is 9.84 Å². The Morgan fingerprint density at radius 1 is 1.10 bits per heavy atom. The SMILES string of the molecule is COc1ccc2c(c1)CC(O)(c1cc(Cl)ccc1Cl)CC2. The minimum Gasteiger partial charge on any atom is -0.497 e. The van der Waals surface area contributed by atoms with Crippen LogP contribution in [0.15, 0.2) is 36.4 Å². The monoisotopic (exact) mass is 322 g/mol. The second-order valence-electron chi connectivity index (χ2n) is 5.47. The molecule has 110 valence electrons. The Labute approximate surface area is 134 Å². The van der Waals surface area contributed by atoms with Crippen LogP contribution in [0.25, 0.3) is 0 Å². The molecule has 0 aromatic heterocycles. The minimum absolute atomic E-state index is 0.513. The molecule has 0 radical (unpaired) electrons. The standard InChI is InChI=1S/C17H16Cl2O2/c1-21-14-4-2-11-6-7-17(20,10-12(11)8-14)15-9-13(18)3-5-16(15)19/h2-5,8-9,20H,6-7,10H2,1H3. The molecule has 2 aromatic carbocycles. The molecular weight excluding hydrogens is 307 g/mol. The number of fused-ring (bicyclic) bond motifs is 1. The summed E-state index contributed by atoms with van der Waals surface area (Å²) in [6.45, 7) is 0. The van der Waals surface area contributed by atoms with Gasteiger partial charge in [-0.3, -0.25) is 0 Å². The lowest BCUT2D eigenvalue weighted by molar-refractivity contribution is 0.0223. The first kappa shape index (κ1) is 14.7. The van der Waals surface area contributed by atoms with E-state index in [2.05, 4.69) is 6.07 Å². The predicted octanol–water partition coefficient (Wildman–Crippen LogP) is 4.38. The summed E-state index contributed by atoms with van der Waals surface area (Å²) in [5.41, 5.74) is 2.06. The van der Waals surface area contributed by atoms with Crippen molar-refractivity contribution in [1.82, 2.24) is 0 Å². The van der Waals surface area contributed by atoms with Crippen molar-refractivity contribution >= 4 is 23.2 Å². The normalized spacial score (nSPS) is 21.0. The summed E-state index contributed by atoms with van der Waals surface area (Å²) >= 11 is 12.3. The summed E-state index contributed by atoms with van der Waals surface area (Å²) in [4.78, 5) is 0. The molecular formula is C17H16Cl2O2. The van der Waals surface area contributed by atoms with Gasteiger partial charge in [-0.2, -0.15) is 0 Å². The summed E-state index contributed by atoms with van der Waals surface area (Å²) in [6, 6.07) is 11.2. The van der Waals surface area contributed by atoms with Gasteiger partial charge >= 0.3 is 0 Å². The van der Waals surface area contributed by atoms with Gasteiger partial charge in [0.15, 0.2) is 0 Å². The molecule has 0 saturated heterocycles. The third kappa shape index (κ3) is 2.76. The number of aliphatic hydroxyl groups is 1. The van der Waals surface area contributed by atoms with E-state index in [4.69, 9.17) is 27.9 Å². The van der Waals surface area contributed by atoms with Crippen LogP contribution >= 0.6 is 23.2 Å². The maximum Gasteiger partial charge on any atom is 0.119 e. The van der Waals surface area contributed by atoms with Gasteiger partial charge in [-0.25, -0.2) is 0 Å². The average molecular weight is 323 g/mol. The minimum atomic E-state index is -0.985. The molecule has 0 bridgehead atoms. The molecule has 0 amide bonds. The van der Waals surface area contributed by atoms with Gasteiger partial charge in [-0.1, -0.05) is 29.3 Å². The third-order valence-electron chi connectivity index (χ3n) is 4.13. The third-order valence-corrected chi connectivity index (χ3v) is 4.70. The van der Waals surface area contributed by atoms with E-state index in [0.29, 0.717) is 28.5 Å². The summed E-state index contributed by atoms with van der Waals surface area (Å²) < 4.78 is 5.27. The van der Waals surface area contributed by atoms with Crippen molar-refractivity contribution in [2.45, 2.75) is 24.9 Å². The quantitative estimate of drug-likeness (QED) is 0.889. The second-order valence-corrected chi connectivity index (χ2v) is 6.31. The van der Waals surface area contributed by atoms with Crippen molar-refractivity contribution in [1.29, 1.82) is 0 Å². The first-order chi connectivity index (χ1) is 10.0. The number of methoxy groups -OCH3 is 1. The largest absolute Gasteiger partial charge is 0.497 e. The van der Waals surface area contributed by atoms with E-state index in [1.165, 1.54) is 5.56 Å². The fourth-order valence-electron chi connectivity index (χ4n) is 2.97. The van der Waals surface area contributed by atoms with Crippen LogP contribution in [0.5, 0.6) is 5.75 Å². The van der Waals surface area contributed by atoms with Gasteiger partial charge in [-0.05, 0) is 54.3 Å². The summed E-state index contributed by atoms with van der Waals surface area (Å²) in [6.07, 6.45) is 1.95. The lowest BCUT2D eigenvalue weighted by atomic mass is 9.76. The fraction of sp³-hybridized carbons (Fsp3) is 0.294. The number of aryl methyl sites for hydroxylation is 1. The Kier molecular flexibility index (Phi) is 3.87. The molecule has 1 N–H and O–H groups in total. The van der Waals surface area contributed by atoms with E-state index in [9.17, 15) is 5.11 Å². The van der Waals surface area contributed by atoms with Crippen LogP contribution in [-0.2, 0) is 18.4 Å². The highest BCUT2D eigenvalue weighted by atomic mass is 35.5. The molecule has 2 nitrogen and oxygen atoms in total. The van der Waals surface area contributed by atoms with Gasteiger partial charge in [0.05, 0.1) is 12.7 Å². The fourth-order valence-corrected chi connectivity index (χ4v) is 3.43. The molecule has 1 unspecified atom stereocenters. The van der Waals surface area contributed by atoms with Gasteiger partial charge in [0, 0.05) is 22.0 Å². The molecule has 0 spiro atoms. The molecule has 2 aromatic rings. The number of benzene rings is 2. The first-order valence-electron chi connectivity index (χ1n) is 6.85. The van der Waals surface area contributed by atoms with Crippen LogP contribution in [0.4, 0.5) is 0 Å². The van der Waals surface area contributed by atoms with Gasteiger partial charge in [-0.15, -0.1) is 0 Å². The van der Waals surface area contributed by atoms with Crippen LogP contribution in [0.3, 0.4) is 0 Å². The molecule has 1 atom stereocenters. The van der Waals surface area contributed by atoms with Crippen molar-refractivity contribution in [3.8, 4) is 5.75 Å². The van der Waals surface area contributed by atoms with Crippen LogP contribution in [-0.4, -0.2) is 12.2 Å². The highest BCUT2D eigenvalue weighted by molar-refractivity contribution is 6.33. The molecule has 21 heavy (non-hydrogen) atoms. The second kappa shape index (κ2) is 5.53. The lowest BCUT2D eigenvalue weighted by Crippen LogP contribution is -2.33. The molecule has 0 saturated carbocycles. The number of hydrogen-bond acceptors (Lipinski definition) is 2. The zero-order chi connectivity index (χ0) is 15.0. The van der Waals surface area contributed by atoms with Gasteiger partial charge in [0.2, 0.25) is 0 Å². The summed E-state index contributed by atoms with van der Waals surface area (Å²) in [5.74, 6) is 0.801. The molecule has 3 rings (SSSR count). The number of hydrogen-bond donors (Lipinski definition) is 1. The van der Waals surface area contributed by atoms with Crippen LogP contribution in [0.1, 0.15) is 23.1 Å². The van der Waals surface area contributed by atoms with E-state index in [-0.39, 0.29) is 0 Å². The zero-order valence-corrected chi connectivity index (χ0v) is 13.2. The average Bonchev–Trinajstić information content (AvgIpc) is 2.48. The first-order valence-corrected chi connectivity index (χ1v) is 7.61. The zero-order valence-electron chi connectivity index (χ0n) is 11.7. The Morgan fingerprint density at radius 3 is 2.67 bits per heavy atom. The summed E-state index contributed by atoms with van der Waals surface area (Å²) in [5, 5.41) is 12.2. The number of ether oxygens (including phenoxy) is 1. The Morgan fingerprint density at radius 2 is 1.90 bits per heavy atom. The topological polar surface area (TPSA) is 29.5 Å². The Balaban J connectivity index is 2.02. The van der Waals surface area contributed by atoms with Crippen molar-refractivity contribution in [2.24, 2.45) is 0 Å². The maximum absolute atomic E-state index is 11.1. The van der Waals surface area contributed by atoms with E-state index in [1.54, 1.807) is 25.3 Å². The molecule has 1 aliphatic carbocycles. The molecule has 4 heteroatoms. The van der Waals surface area contributed by atoms with E-state index in [0.717, 1.165) is 17.7 Å². The Bertz CT molecular complexity index is 684. The molecule has 1 aliphatic rings. The predicted molar refractivity (Wildman–Crippen MR) is 85.4 cm³/mol. The maximum atomic E-state index is 11.1. The lowest BCUT2D eigenvalue weighted by Gasteiger charge is -2.35. The smallest absolute Gasteiger partial charge is 0.119 e. The highest BCUT2D eigenvalue weighted by Gasteiger charge is 2.35. The van der Waals surface area contributed by atoms with Crippen LogP contribution < -0.4 is 4.74 Å². The number of rotatable bonds is 2. The Hall–Kier alpha value is -1.22. The summed E-state index contributed by atoms with van der Waals surface area (Å²) in [7, 11) is 1.64. The molecule has 0 aliphatic heterocycles. The highest BCUT2D eigenvalue weighted by Crippen LogP contribution is 2.41. The number of halogens is 2. The molecule has 0 fully saturated rings. The van der Waals surface area contributed by atoms with Gasteiger partial charge in [0.1, 0.15) is 5.75 Å². The van der Waals surface area contributed by atoms with Gasteiger partial charge < -0.3 is 9.84 Å². The van der Waals surface area contributed by atoms with E-state index >= 15 is 0 Å². The van der Waals surface area contributed by atoms with Crippen molar-refractivity contribution in [2.75, 3.05) is 7.11 Å². The van der Waals surface area contributed by atoms with Crippen molar-refractivity contribution in [3.63, 3.8) is 0 Å². The van der Waals surface area contributed by atoms with E-state index in [1.807, 2.05) is 12.1 Å². The van der Waals surface area contributed by atoms with Crippen LogP contribution in [0, 0.1) is 0 Å². The van der Waals surface area contributed by atoms with Crippen LogP contribution in [0.2, 0.25) is 10.0 Å². The molecule has 0 heterocycles. The van der Waals surface area contributed by atoms with Crippen molar-refractivity contribution in [3.05, 3.63) is 63.1 Å². The van der Waals surface area contributed by atoms with Gasteiger partial charge in [0.25, 0.3) is 0 Å². The van der Waals surface area contributed by atoms with E-state index < -0.39 is 5.60 Å².